The number of anilines is 2. The van der Waals surface area contributed by atoms with Crippen molar-refractivity contribution >= 4 is 28.8 Å². The molecule has 0 bridgehead atoms. The van der Waals surface area contributed by atoms with E-state index in [1.54, 1.807) is 42.5 Å². The summed E-state index contributed by atoms with van der Waals surface area (Å²) in [6.07, 6.45) is 0. The number of phenolic OH excluding ortho intramolecular Hbond substituents is 1. The maximum atomic E-state index is 11.3. The fourth-order valence-electron chi connectivity index (χ4n) is 1.56. The van der Waals surface area contributed by atoms with Crippen LogP contribution in [0.2, 0.25) is 5.02 Å². The number of para-hydroxylation sites is 2. The number of nitrogens with one attached hydrogen (secondary N) is 1. The smallest absolute Gasteiger partial charge is 0.159 e. The second kappa shape index (κ2) is 5.10. The van der Waals surface area contributed by atoms with Gasteiger partial charge in [-0.2, -0.15) is 0 Å². The standard InChI is InChI=1S/C14H12ClNO2/c1-9(17)10-6-7-11(15)13(8-10)16-12-4-2-3-5-14(12)18/h2-8,16,18H,1H3. The molecule has 18 heavy (non-hydrogen) atoms. The zero-order chi connectivity index (χ0) is 13.1. The summed E-state index contributed by atoms with van der Waals surface area (Å²) in [5, 5.41) is 13.2. The molecule has 4 heteroatoms. The number of carbonyl (C=O) groups is 1. The number of aromatic hydroxyl groups is 1. The molecule has 2 aromatic carbocycles. The van der Waals surface area contributed by atoms with Gasteiger partial charge in [-0.05, 0) is 37.3 Å². The van der Waals surface area contributed by atoms with Crippen LogP contribution in [0.15, 0.2) is 42.5 Å². The Balaban J connectivity index is 2.37. The van der Waals surface area contributed by atoms with Gasteiger partial charge in [-0.15, -0.1) is 0 Å². The van der Waals surface area contributed by atoms with Crippen LogP contribution in [0, 0.1) is 0 Å². The van der Waals surface area contributed by atoms with Crippen LogP contribution in [-0.2, 0) is 0 Å². The summed E-state index contributed by atoms with van der Waals surface area (Å²) in [6.45, 7) is 1.49. The average molecular weight is 262 g/mol. The van der Waals surface area contributed by atoms with E-state index in [2.05, 4.69) is 5.32 Å². The Morgan fingerprint density at radius 3 is 2.56 bits per heavy atom. The number of phenols is 1. The molecule has 0 heterocycles. The van der Waals surface area contributed by atoms with Crippen LogP contribution in [0.5, 0.6) is 5.75 Å². The van der Waals surface area contributed by atoms with E-state index in [1.165, 1.54) is 6.92 Å². The molecule has 0 saturated heterocycles. The molecule has 92 valence electrons. The topological polar surface area (TPSA) is 49.3 Å². The van der Waals surface area contributed by atoms with Crippen molar-refractivity contribution < 1.29 is 9.90 Å². The van der Waals surface area contributed by atoms with Crippen LogP contribution in [0.1, 0.15) is 17.3 Å². The fourth-order valence-corrected chi connectivity index (χ4v) is 1.73. The molecule has 0 fully saturated rings. The zero-order valence-corrected chi connectivity index (χ0v) is 10.5. The van der Waals surface area contributed by atoms with E-state index in [-0.39, 0.29) is 11.5 Å². The van der Waals surface area contributed by atoms with Crippen molar-refractivity contribution in [3.8, 4) is 5.75 Å². The number of Topliss-reactive ketones (excluding diaryl/α,β-unsaturated/α-hetero) is 1. The predicted octanol–water partition coefficient (Wildman–Crippen LogP) is 3.99. The molecule has 0 aliphatic heterocycles. The van der Waals surface area contributed by atoms with Crippen molar-refractivity contribution in [1.29, 1.82) is 0 Å². The van der Waals surface area contributed by atoms with Crippen molar-refractivity contribution in [1.82, 2.24) is 0 Å². The SMILES string of the molecule is CC(=O)c1ccc(Cl)c(Nc2ccccc2O)c1. The van der Waals surface area contributed by atoms with Gasteiger partial charge in [0.1, 0.15) is 5.75 Å². The van der Waals surface area contributed by atoms with Crippen molar-refractivity contribution in [3.05, 3.63) is 53.1 Å². The molecular weight excluding hydrogens is 250 g/mol. The molecular formula is C14H12ClNO2. The molecule has 0 saturated carbocycles. The summed E-state index contributed by atoms with van der Waals surface area (Å²) < 4.78 is 0. The first-order valence-electron chi connectivity index (χ1n) is 5.43. The maximum Gasteiger partial charge on any atom is 0.159 e. The third-order valence-corrected chi connectivity index (χ3v) is 2.88. The Hall–Kier alpha value is -2.00. The Kier molecular flexibility index (Phi) is 3.53. The van der Waals surface area contributed by atoms with Gasteiger partial charge in [-0.1, -0.05) is 23.7 Å². The number of carbonyl (C=O) groups excluding carboxylic acids is 1. The Labute approximate surface area is 110 Å². The highest BCUT2D eigenvalue weighted by Gasteiger charge is 2.07. The Bertz CT molecular complexity index is 596. The van der Waals surface area contributed by atoms with Crippen LogP contribution in [0.3, 0.4) is 0 Å². The number of hydrogen-bond acceptors (Lipinski definition) is 3. The van der Waals surface area contributed by atoms with Crippen LogP contribution in [0.4, 0.5) is 11.4 Å². The molecule has 3 nitrogen and oxygen atoms in total. The predicted molar refractivity (Wildman–Crippen MR) is 72.8 cm³/mol. The van der Waals surface area contributed by atoms with Gasteiger partial charge in [0.05, 0.1) is 16.4 Å². The lowest BCUT2D eigenvalue weighted by atomic mass is 10.1. The molecule has 0 aliphatic rings. The lowest BCUT2D eigenvalue weighted by Gasteiger charge is -2.10. The quantitative estimate of drug-likeness (QED) is 0.649. The summed E-state index contributed by atoms with van der Waals surface area (Å²) in [5.41, 5.74) is 1.70. The van der Waals surface area contributed by atoms with Gasteiger partial charge in [0.2, 0.25) is 0 Å². The summed E-state index contributed by atoms with van der Waals surface area (Å²) in [5.74, 6) is 0.0915. The molecule has 2 N–H and O–H groups in total. The second-order valence-corrected chi connectivity index (χ2v) is 4.30. The molecule has 2 aromatic rings. The summed E-state index contributed by atoms with van der Waals surface area (Å²) in [7, 11) is 0. The van der Waals surface area contributed by atoms with E-state index in [0.717, 1.165) is 0 Å². The molecule has 0 spiro atoms. The zero-order valence-electron chi connectivity index (χ0n) is 9.77. The number of hydrogen-bond donors (Lipinski definition) is 2. The molecule has 0 aromatic heterocycles. The highest BCUT2D eigenvalue weighted by atomic mass is 35.5. The van der Waals surface area contributed by atoms with Gasteiger partial charge < -0.3 is 10.4 Å². The molecule has 0 radical (unpaired) electrons. The van der Waals surface area contributed by atoms with Gasteiger partial charge in [0.25, 0.3) is 0 Å². The lowest BCUT2D eigenvalue weighted by molar-refractivity contribution is 0.101. The van der Waals surface area contributed by atoms with Crippen molar-refractivity contribution in [2.45, 2.75) is 6.92 Å². The molecule has 0 amide bonds. The monoisotopic (exact) mass is 261 g/mol. The first-order valence-corrected chi connectivity index (χ1v) is 5.81. The number of halogens is 1. The first kappa shape index (κ1) is 12.5. The molecule has 2 rings (SSSR count). The summed E-state index contributed by atoms with van der Waals surface area (Å²) >= 11 is 6.05. The van der Waals surface area contributed by atoms with E-state index in [9.17, 15) is 9.90 Å². The van der Waals surface area contributed by atoms with E-state index < -0.39 is 0 Å². The van der Waals surface area contributed by atoms with Crippen LogP contribution in [0.25, 0.3) is 0 Å². The molecule has 0 aliphatic carbocycles. The minimum absolute atomic E-state index is 0.0352. The van der Waals surface area contributed by atoms with E-state index in [0.29, 0.717) is 22.0 Å². The van der Waals surface area contributed by atoms with Crippen molar-refractivity contribution in [2.75, 3.05) is 5.32 Å². The number of rotatable bonds is 3. The lowest BCUT2D eigenvalue weighted by Crippen LogP contribution is -1.96. The van der Waals surface area contributed by atoms with Crippen LogP contribution < -0.4 is 5.32 Å². The second-order valence-electron chi connectivity index (χ2n) is 3.89. The van der Waals surface area contributed by atoms with Gasteiger partial charge in [-0.25, -0.2) is 0 Å². The third kappa shape index (κ3) is 2.63. The molecule has 0 atom stereocenters. The number of ketones is 1. The average Bonchev–Trinajstić information content (AvgIpc) is 2.34. The maximum absolute atomic E-state index is 11.3. The third-order valence-electron chi connectivity index (χ3n) is 2.55. The Morgan fingerprint density at radius 1 is 1.17 bits per heavy atom. The van der Waals surface area contributed by atoms with Crippen molar-refractivity contribution in [3.63, 3.8) is 0 Å². The van der Waals surface area contributed by atoms with Crippen LogP contribution >= 0.6 is 11.6 Å². The summed E-state index contributed by atoms with van der Waals surface area (Å²) in [4.78, 5) is 11.3. The van der Waals surface area contributed by atoms with Gasteiger partial charge in [-0.3, -0.25) is 4.79 Å². The molecule has 0 unspecified atom stereocenters. The van der Waals surface area contributed by atoms with Crippen LogP contribution in [-0.4, -0.2) is 10.9 Å². The summed E-state index contributed by atoms with van der Waals surface area (Å²) in [6, 6.07) is 11.8. The van der Waals surface area contributed by atoms with Gasteiger partial charge in [0.15, 0.2) is 5.78 Å². The highest BCUT2D eigenvalue weighted by molar-refractivity contribution is 6.33. The largest absolute Gasteiger partial charge is 0.506 e. The normalized spacial score (nSPS) is 10.1. The van der Waals surface area contributed by atoms with E-state index >= 15 is 0 Å². The van der Waals surface area contributed by atoms with E-state index in [1.807, 2.05) is 0 Å². The van der Waals surface area contributed by atoms with Crippen molar-refractivity contribution in [2.24, 2.45) is 0 Å². The van der Waals surface area contributed by atoms with Gasteiger partial charge >= 0.3 is 0 Å². The minimum Gasteiger partial charge on any atom is -0.506 e. The highest BCUT2D eigenvalue weighted by Crippen LogP contribution is 2.30. The van der Waals surface area contributed by atoms with Gasteiger partial charge in [0, 0.05) is 5.56 Å². The first-order chi connectivity index (χ1) is 8.58. The van der Waals surface area contributed by atoms with E-state index in [4.69, 9.17) is 11.6 Å². The fraction of sp³-hybridized carbons (Fsp3) is 0.0714. The number of benzene rings is 2. The Morgan fingerprint density at radius 2 is 1.89 bits per heavy atom. The minimum atomic E-state index is -0.0352.